The van der Waals surface area contributed by atoms with Gasteiger partial charge in [0.05, 0.1) is 17.2 Å². The van der Waals surface area contributed by atoms with Gasteiger partial charge in [0, 0.05) is 0 Å². The zero-order valence-electron chi connectivity index (χ0n) is 11.4. The van der Waals surface area contributed by atoms with Crippen LogP contribution < -0.4 is 0 Å². The lowest BCUT2D eigenvalue weighted by Crippen LogP contribution is -2.25. The van der Waals surface area contributed by atoms with Gasteiger partial charge in [0.15, 0.2) is 0 Å². The maximum absolute atomic E-state index is 10.8. The Hall–Kier alpha value is -1.33. The van der Waals surface area contributed by atoms with Gasteiger partial charge in [-0.2, -0.15) is 5.26 Å². The highest BCUT2D eigenvalue weighted by Gasteiger charge is 2.27. The fourth-order valence-electron chi connectivity index (χ4n) is 2.21. The van der Waals surface area contributed by atoms with Crippen molar-refractivity contribution in [3.63, 3.8) is 0 Å². The summed E-state index contributed by atoms with van der Waals surface area (Å²) in [5.41, 5.74) is 0.871. The lowest BCUT2D eigenvalue weighted by molar-refractivity contribution is 0.0141. The van der Waals surface area contributed by atoms with E-state index in [1.807, 2.05) is 12.1 Å². The number of hydrogen-bond acceptors (Lipinski definition) is 2. The summed E-state index contributed by atoms with van der Waals surface area (Å²) in [6.45, 7) is 4.28. The molecule has 0 saturated carbocycles. The first-order chi connectivity index (χ1) is 8.66. The summed E-state index contributed by atoms with van der Waals surface area (Å²) in [7, 11) is 0. The maximum Gasteiger partial charge on any atom is 0.0991 e. The van der Waals surface area contributed by atoms with Gasteiger partial charge in [-0.05, 0) is 30.5 Å². The summed E-state index contributed by atoms with van der Waals surface area (Å²) < 4.78 is 0. The highest BCUT2D eigenvalue weighted by Crippen LogP contribution is 2.32. The second-order valence-electron chi connectivity index (χ2n) is 4.93. The molecule has 1 aromatic carbocycles. The van der Waals surface area contributed by atoms with Crippen LogP contribution in [0.4, 0.5) is 0 Å². The molecule has 0 spiro atoms. The van der Waals surface area contributed by atoms with E-state index in [0.717, 1.165) is 44.1 Å². The Morgan fingerprint density at radius 1 is 1.06 bits per heavy atom. The lowest BCUT2D eigenvalue weighted by atomic mass is 9.84. The van der Waals surface area contributed by atoms with Crippen LogP contribution >= 0.6 is 0 Å². The molecule has 1 aromatic rings. The van der Waals surface area contributed by atoms with Crippen LogP contribution in [0.15, 0.2) is 24.3 Å². The van der Waals surface area contributed by atoms with E-state index in [1.54, 1.807) is 12.1 Å². The quantitative estimate of drug-likeness (QED) is 0.785. The number of nitriles is 1. The predicted octanol–water partition coefficient (Wildman–Crippen LogP) is 4.13. The van der Waals surface area contributed by atoms with Crippen molar-refractivity contribution in [2.75, 3.05) is 0 Å². The Kier molecular flexibility index (Phi) is 5.88. The van der Waals surface area contributed by atoms with Crippen molar-refractivity contribution in [3.05, 3.63) is 35.4 Å². The van der Waals surface area contributed by atoms with Crippen molar-refractivity contribution in [1.82, 2.24) is 0 Å². The predicted molar refractivity (Wildman–Crippen MR) is 74.1 cm³/mol. The van der Waals surface area contributed by atoms with Crippen LogP contribution in [-0.2, 0) is 5.60 Å². The minimum atomic E-state index is -0.722. The molecule has 1 N–H and O–H groups in total. The Bertz CT molecular complexity index is 381. The van der Waals surface area contributed by atoms with Crippen LogP contribution in [0.5, 0.6) is 0 Å². The first-order valence-electron chi connectivity index (χ1n) is 6.89. The third-order valence-electron chi connectivity index (χ3n) is 3.44. The van der Waals surface area contributed by atoms with Gasteiger partial charge in [-0.15, -0.1) is 0 Å². The molecule has 98 valence electrons. The molecule has 2 heteroatoms. The van der Waals surface area contributed by atoms with Gasteiger partial charge in [0.2, 0.25) is 0 Å². The molecule has 0 saturated heterocycles. The largest absolute Gasteiger partial charge is 0.385 e. The summed E-state index contributed by atoms with van der Waals surface area (Å²) in [5.74, 6) is 0. The Balaban J connectivity index is 2.89. The molecule has 0 atom stereocenters. The van der Waals surface area contributed by atoms with Gasteiger partial charge in [-0.1, -0.05) is 51.7 Å². The standard InChI is InChI=1S/C16H23NO/c1-3-5-11-16(18,12-6-4-2)15-9-7-14(13-17)8-10-15/h7-10,18H,3-6,11-12H2,1-2H3. The third-order valence-corrected chi connectivity index (χ3v) is 3.44. The van der Waals surface area contributed by atoms with Crippen molar-refractivity contribution in [2.45, 2.75) is 58.0 Å². The van der Waals surface area contributed by atoms with Gasteiger partial charge in [-0.25, -0.2) is 0 Å². The second-order valence-corrected chi connectivity index (χ2v) is 4.93. The first kappa shape index (κ1) is 14.7. The normalized spacial score (nSPS) is 11.2. The molecule has 0 heterocycles. The smallest absolute Gasteiger partial charge is 0.0991 e. The zero-order chi connectivity index (χ0) is 13.4. The Labute approximate surface area is 110 Å². The molecular formula is C16H23NO. The van der Waals surface area contributed by atoms with Crippen LogP contribution in [0.1, 0.15) is 63.5 Å². The molecule has 0 aromatic heterocycles. The SMILES string of the molecule is CCCCC(O)(CCCC)c1ccc(C#N)cc1. The number of aliphatic hydroxyl groups is 1. The summed E-state index contributed by atoms with van der Waals surface area (Å²) in [6.07, 6.45) is 5.83. The highest BCUT2D eigenvalue weighted by molar-refractivity contribution is 5.34. The van der Waals surface area contributed by atoms with Crippen LogP contribution in [0, 0.1) is 11.3 Å². The van der Waals surface area contributed by atoms with Gasteiger partial charge < -0.3 is 5.11 Å². The van der Waals surface area contributed by atoms with E-state index >= 15 is 0 Å². The molecule has 0 aliphatic heterocycles. The number of nitrogens with zero attached hydrogens (tertiary/aromatic N) is 1. The molecule has 0 aliphatic rings. The van der Waals surface area contributed by atoms with E-state index in [1.165, 1.54) is 0 Å². The molecule has 1 rings (SSSR count). The summed E-state index contributed by atoms with van der Waals surface area (Å²) in [5, 5.41) is 19.6. The number of rotatable bonds is 7. The second kappa shape index (κ2) is 7.18. The minimum absolute atomic E-state index is 0.645. The van der Waals surface area contributed by atoms with Gasteiger partial charge >= 0.3 is 0 Å². The molecule has 0 unspecified atom stereocenters. The first-order valence-corrected chi connectivity index (χ1v) is 6.89. The van der Waals surface area contributed by atoms with Crippen molar-refractivity contribution in [2.24, 2.45) is 0 Å². The van der Waals surface area contributed by atoms with E-state index in [0.29, 0.717) is 5.56 Å². The van der Waals surface area contributed by atoms with E-state index in [2.05, 4.69) is 19.9 Å². The molecule has 2 nitrogen and oxygen atoms in total. The molecular weight excluding hydrogens is 222 g/mol. The van der Waals surface area contributed by atoms with E-state index in [9.17, 15) is 5.11 Å². The van der Waals surface area contributed by atoms with E-state index in [-0.39, 0.29) is 0 Å². The van der Waals surface area contributed by atoms with Crippen molar-refractivity contribution in [1.29, 1.82) is 5.26 Å². The third kappa shape index (κ3) is 3.85. The van der Waals surface area contributed by atoms with E-state index in [4.69, 9.17) is 5.26 Å². The molecule has 0 fully saturated rings. The van der Waals surface area contributed by atoms with Crippen LogP contribution in [-0.4, -0.2) is 5.11 Å². The fraction of sp³-hybridized carbons (Fsp3) is 0.562. The molecule has 0 amide bonds. The average molecular weight is 245 g/mol. The zero-order valence-corrected chi connectivity index (χ0v) is 11.4. The topological polar surface area (TPSA) is 44.0 Å². The van der Waals surface area contributed by atoms with Crippen LogP contribution in [0.3, 0.4) is 0 Å². The fourth-order valence-corrected chi connectivity index (χ4v) is 2.21. The molecule has 18 heavy (non-hydrogen) atoms. The summed E-state index contributed by atoms with van der Waals surface area (Å²) in [6, 6.07) is 9.48. The van der Waals surface area contributed by atoms with Gasteiger partial charge in [0.25, 0.3) is 0 Å². The molecule has 0 aliphatic carbocycles. The summed E-state index contributed by atoms with van der Waals surface area (Å²) in [4.78, 5) is 0. The Morgan fingerprint density at radius 3 is 1.94 bits per heavy atom. The van der Waals surface area contributed by atoms with Crippen molar-refractivity contribution < 1.29 is 5.11 Å². The number of hydrogen-bond donors (Lipinski definition) is 1. The maximum atomic E-state index is 10.8. The summed E-state index contributed by atoms with van der Waals surface area (Å²) >= 11 is 0. The minimum Gasteiger partial charge on any atom is -0.385 e. The van der Waals surface area contributed by atoms with E-state index < -0.39 is 5.60 Å². The number of unbranched alkanes of at least 4 members (excludes halogenated alkanes) is 2. The van der Waals surface area contributed by atoms with Crippen LogP contribution in [0.2, 0.25) is 0 Å². The average Bonchev–Trinajstić information content (AvgIpc) is 2.43. The lowest BCUT2D eigenvalue weighted by Gasteiger charge is -2.29. The monoisotopic (exact) mass is 245 g/mol. The van der Waals surface area contributed by atoms with Gasteiger partial charge in [0.1, 0.15) is 0 Å². The highest BCUT2D eigenvalue weighted by atomic mass is 16.3. The number of benzene rings is 1. The van der Waals surface area contributed by atoms with Crippen LogP contribution in [0.25, 0.3) is 0 Å². The van der Waals surface area contributed by atoms with Gasteiger partial charge in [-0.3, -0.25) is 0 Å². The molecule has 0 bridgehead atoms. The van der Waals surface area contributed by atoms with Crippen molar-refractivity contribution >= 4 is 0 Å². The Morgan fingerprint density at radius 2 is 1.56 bits per heavy atom. The van der Waals surface area contributed by atoms with Crippen molar-refractivity contribution in [3.8, 4) is 6.07 Å². The molecule has 0 radical (unpaired) electrons.